The summed E-state index contributed by atoms with van der Waals surface area (Å²) in [6.07, 6.45) is -6.37. The van der Waals surface area contributed by atoms with Crippen LogP contribution in [0.5, 0.6) is 0 Å². The lowest BCUT2D eigenvalue weighted by Crippen LogP contribution is -2.43. The average molecular weight is 274 g/mol. The lowest BCUT2D eigenvalue weighted by molar-refractivity contribution is -0.154. The number of aliphatic hydroxyl groups excluding tert-OH is 4. The fourth-order valence-electron chi connectivity index (χ4n) is 1.70. The van der Waals surface area contributed by atoms with E-state index < -0.39 is 36.7 Å². The number of esters is 1. The van der Waals surface area contributed by atoms with Gasteiger partial charge in [-0.15, -0.1) is 0 Å². The molecule has 0 aromatic heterocycles. The summed E-state index contributed by atoms with van der Waals surface area (Å²) < 4.78 is 9.74. The van der Waals surface area contributed by atoms with E-state index in [0.717, 1.165) is 6.08 Å². The van der Waals surface area contributed by atoms with Crippen molar-refractivity contribution < 1.29 is 34.7 Å². The van der Waals surface area contributed by atoms with E-state index >= 15 is 0 Å². The number of allylic oxidation sites excluding steroid dienone is 1. The second-order valence-corrected chi connectivity index (χ2v) is 4.42. The third kappa shape index (κ3) is 3.32. The zero-order chi connectivity index (χ0) is 14.7. The number of ether oxygens (including phenoxy) is 2. The van der Waals surface area contributed by atoms with Gasteiger partial charge in [-0.2, -0.15) is 0 Å². The molecule has 1 aliphatic rings. The van der Waals surface area contributed by atoms with Crippen molar-refractivity contribution in [2.45, 2.75) is 44.6 Å². The van der Waals surface area contributed by atoms with E-state index in [1.54, 1.807) is 13.8 Å². The van der Waals surface area contributed by atoms with Gasteiger partial charge in [-0.25, -0.2) is 4.79 Å². The number of carbonyl (C=O) groups excluding carboxylic acids is 1. The molecule has 0 unspecified atom stereocenters. The quantitative estimate of drug-likeness (QED) is 0.306. The van der Waals surface area contributed by atoms with Gasteiger partial charge in [0.25, 0.3) is 0 Å². The number of carbonyl (C=O) groups is 1. The summed E-state index contributed by atoms with van der Waals surface area (Å²) in [5.74, 6) is -1.21. The number of hydrogen-bond acceptors (Lipinski definition) is 7. The molecular weight excluding hydrogens is 256 g/mol. The molecule has 0 spiro atoms. The van der Waals surface area contributed by atoms with Crippen LogP contribution >= 0.6 is 0 Å². The van der Waals surface area contributed by atoms with Gasteiger partial charge in [0.05, 0.1) is 0 Å². The van der Waals surface area contributed by atoms with Gasteiger partial charge >= 0.3 is 5.97 Å². The van der Waals surface area contributed by atoms with E-state index in [1.165, 1.54) is 0 Å². The topological polar surface area (TPSA) is 116 Å². The van der Waals surface area contributed by atoms with Crippen molar-refractivity contribution in [1.82, 2.24) is 0 Å². The maximum Gasteiger partial charge on any atom is 0.330 e. The molecule has 108 valence electrons. The largest absolute Gasteiger partial charge is 0.510 e. The predicted octanol–water partition coefficient (Wildman–Crippen LogP) is -0.625. The van der Waals surface area contributed by atoms with Crippen molar-refractivity contribution in [2.75, 3.05) is 0 Å². The number of hydrogen-bond donors (Lipinski definition) is 4. The van der Waals surface area contributed by atoms with Gasteiger partial charge in [0, 0.05) is 6.08 Å². The molecule has 19 heavy (non-hydrogen) atoms. The summed E-state index contributed by atoms with van der Waals surface area (Å²) >= 11 is 0. The van der Waals surface area contributed by atoms with E-state index in [4.69, 9.17) is 9.47 Å². The van der Waals surface area contributed by atoms with E-state index in [-0.39, 0.29) is 5.76 Å². The molecule has 7 heteroatoms. The molecular formula is C12H18O7. The van der Waals surface area contributed by atoms with Gasteiger partial charge in [0.1, 0.15) is 24.1 Å². The van der Waals surface area contributed by atoms with Crippen LogP contribution in [0.15, 0.2) is 24.0 Å². The third-order valence-corrected chi connectivity index (χ3v) is 2.77. The first kappa shape index (κ1) is 15.6. The van der Waals surface area contributed by atoms with E-state index in [9.17, 15) is 25.2 Å². The first-order valence-electron chi connectivity index (χ1n) is 5.68. The lowest BCUT2D eigenvalue weighted by atomic mass is 10.0. The molecule has 0 aliphatic carbocycles. The Morgan fingerprint density at radius 2 is 2.00 bits per heavy atom. The maximum atomic E-state index is 11.1. The van der Waals surface area contributed by atoms with Crippen molar-refractivity contribution in [3.05, 3.63) is 24.0 Å². The summed E-state index contributed by atoms with van der Waals surface area (Å²) in [4.78, 5) is 11.1. The highest BCUT2D eigenvalue weighted by Crippen LogP contribution is 2.28. The fourth-order valence-corrected chi connectivity index (χ4v) is 1.70. The Balaban J connectivity index is 2.94. The Morgan fingerprint density at radius 3 is 2.47 bits per heavy atom. The van der Waals surface area contributed by atoms with Crippen LogP contribution in [-0.4, -0.2) is 57.1 Å². The van der Waals surface area contributed by atoms with Gasteiger partial charge in [-0.3, -0.25) is 0 Å². The molecule has 0 amide bonds. The molecule has 4 N–H and O–H groups in total. The van der Waals surface area contributed by atoms with Crippen molar-refractivity contribution in [2.24, 2.45) is 0 Å². The van der Waals surface area contributed by atoms with Crippen molar-refractivity contribution in [1.29, 1.82) is 0 Å². The van der Waals surface area contributed by atoms with Crippen LogP contribution in [0.2, 0.25) is 0 Å². The van der Waals surface area contributed by atoms with Crippen molar-refractivity contribution >= 4 is 5.97 Å². The Kier molecular flexibility index (Phi) is 5.07. The minimum Gasteiger partial charge on any atom is -0.510 e. The van der Waals surface area contributed by atoms with Crippen LogP contribution in [0.1, 0.15) is 13.8 Å². The standard InChI is InChI=1S/C12H18O7/c1-4-6(13)18-11-9(16)12(17)19-10(11)8(15)7(14)5(2)3/h4,8-12,14-17H,1H2,2-3H3/t8-,9-,10-,11-,12+/m1/s1. The third-order valence-electron chi connectivity index (χ3n) is 2.77. The van der Waals surface area contributed by atoms with Gasteiger partial charge in [0.2, 0.25) is 0 Å². The minimum atomic E-state index is -1.62. The zero-order valence-electron chi connectivity index (χ0n) is 10.7. The molecule has 0 aromatic rings. The van der Waals surface area contributed by atoms with Gasteiger partial charge in [-0.05, 0) is 19.4 Å². The SMILES string of the molecule is C=CC(=O)O[C@@H]1[C@@H](O)[C@@H](O)O[C@@H]1[C@H](O)C(O)=C(C)C. The van der Waals surface area contributed by atoms with Crippen LogP contribution in [0.3, 0.4) is 0 Å². The average Bonchev–Trinajstić information content (AvgIpc) is 2.64. The highest BCUT2D eigenvalue weighted by molar-refractivity contribution is 5.81. The van der Waals surface area contributed by atoms with Crippen LogP contribution in [0.25, 0.3) is 0 Å². The summed E-state index contributed by atoms with van der Waals surface area (Å²) in [5.41, 5.74) is 0.431. The number of rotatable bonds is 4. The Labute approximate surface area is 110 Å². The van der Waals surface area contributed by atoms with E-state index in [0.29, 0.717) is 5.57 Å². The predicted molar refractivity (Wildman–Crippen MR) is 64.0 cm³/mol. The second kappa shape index (κ2) is 6.16. The molecule has 1 saturated heterocycles. The molecule has 0 radical (unpaired) electrons. The Bertz CT molecular complexity index is 386. The van der Waals surface area contributed by atoms with E-state index in [1.807, 2.05) is 0 Å². The molecule has 0 saturated carbocycles. The Hall–Kier alpha value is -1.41. The molecule has 1 heterocycles. The molecule has 5 atom stereocenters. The summed E-state index contributed by atoms with van der Waals surface area (Å²) in [7, 11) is 0. The highest BCUT2D eigenvalue weighted by Gasteiger charge is 2.49. The Morgan fingerprint density at radius 1 is 1.42 bits per heavy atom. The second-order valence-electron chi connectivity index (χ2n) is 4.42. The summed E-state index contributed by atoms with van der Waals surface area (Å²) in [5, 5.41) is 38.6. The van der Waals surface area contributed by atoms with E-state index in [2.05, 4.69) is 6.58 Å². The fraction of sp³-hybridized carbons (Fsp3) is 0.583. The minimum absolute atomic E-state index is 0.369. The smallest absolute Gasteiger partial charge is 0.330 e. The molecule has 1 fully saturated rings. The lowest BCUT2D eigenvalue weighted by Gasteiger charge is -2.24. The maximum absolute atomic E-state index is 11.1. The molecule has 0 bridgehead atoms. The van der Waals surface area contributed by atoms with Crippen molar-refractivity contribution in [3.63, 3.8) is 0 Å². The summed E-state index contributed by atoms with van der Waals surface area (Å²) in [6, 6.07) is 0. The molecule has 1 rings (SSSR count). The van der Waals surface area contributed by atoms with Gasteiger partial charge in [0.15, 0.2) is 12.4 Å². The molecule has 1 aliphatic heterocycles. The van der Waals surface area contributed by atoms with Crippen LogP contribution < -0.4 is 0 Å². The first-order valence-corrected chi connectivity index (χ1v) is 5.68. The first-order chi connectivity index (χ1) is 8.79. The highest BCUT2D eigenvalue weighted by atomic mass is 16.7. The molecule has 7 nitrogen and oxygen atoms in total. The number of aliphatic hydroxyl groups is 4. The monoisotopic (exact) mass is 274 g/mol. The summed E-state index contributed by atoms with van der Waals surface area (Å²) in [6.45, 7) is 6.32. The van der Waals surface area contributed by atoms with Crippen LogP contribution in [0, 0.1) is 0 Å². The van der Waals surface area contributed by atoms with Gasteiger partial charge < -0.3 is 29.9 Å². The van der Waals surface area contributed by atoms with Gasteiger partial charge in [-0.1, -0.05) is 6.58 Å². The van der Waals surface area contributed by atoms with Crippen LogP contribution in [-0.2, 0) is 14.3 Å². The normalized spacial score (nSPS) is 31.6. The zero-order valence-corrected chi connectivity index (χ0v) is 10.7. The van der Waals surface area contributed by atoms with Crippen LogP contribution in [0.4, 0.5) is 0 Å². The molecule has 0 aromatic carbocycles. The van der Waals surface area contributed by atoms with Crippen molar-refractivity contribution in [3.8, 4) is 0 Å².